The van der Waals surface area contributed by atoms with Crippen LogP contribution in [-0.2, 0) is 0 Å². The molecule has 0 amide bonds. The van der Waals surface area contributed by atoms with E-state index in [4.69, 9.17) is 4.74 Å². The van der Waals surface area contributed by atoms with Crippen LogP contribution in [0.3, 0.4) is 0 Å². The highest BCUT2D eigenvalue weighted by atomic mass is 16.5. The molecule has 3 nitrogen and oxygen atoms in total. The number of nitriles is 1. The summed E-state index contributed by atoms with van der Waals surface area (Å²) in [6, 6.07) is 8.62. The number of hydrogen-bond donors (Lipinski definition) is 1. The molecule has 0 bridgehead atoms. The first-order chi connectivity index (χ1) is 9.11. The molecule has 0 aliphatic heterocycles. The molecular formula is C16H22N2O. The lowest BCUT2D eigenvalue weighted by molar-refractivity contribution is 0.203. The second-order valence-corrected chi connectivity index (χ2v) is 5.45. The van der Waals surface area contributed by atoms with Gasteiger partial charge >= 0.3 is 0 Å². The first kappa shape index (κ1) is 13.9. The van der Waals surface area contributed by atoms with Gasteiger partial charge in [-0.1, -0.05) is 19.1 Å². The van der Waals surface area contributed by atoms with Crippen LogP contribution in [0.25, 0.3) is 0 Å². The summed E-state index contributed by atoms with van der Waals surface area (Å²) in [6.45, 7) is 7.33. The van der Waals surface area contributed by atoms with Gasteiger partial charge in [-0.3, -0.25) is 5.32 Å². The van der Waals surface area contributed by atoms with Gasteiger partial charge in [0.2, 0.25) is 0 Å². The highest BCUT2D eigenvalue weighted by Gasteiger charge is 2.46. The highest BCUT2D eigenvalue weighted by molar-refractivity contribution is 5.36. The first-order valence-electron chi connectivity index (χ1n) is 6.97. The number of ether oxygens (including phenoxy) is 1. The smallest absolute Gasteiger partial charge is 0.143 e. The van der Waals surface area contributed by atoms with Gasteiger partial charge in [0, 0.05) is 0 Å². The molecule has 1 saturated carbocycles. The lowest BCUT2D eigenvalue weighted by Gasteiger charge is -2.27. The Morgan fingerprint density at radius 1 is 1.42 bits per heavy atom. The zero-order chi connectivity index (χ0) is 13.9. The highest BCUT2D eigenvalue weighted by Crippen LogP contribution is 2.40. The van der Waals surface area contributed by atoms with Crippen LogP contribution in [0.4, 0.5) is 0 Å². The number of likely N-dealkylation sites (N-methyl/N-ethyl adjacent to an activating group) is 1. The number of rotatable bonds is 6. The number of benzene rings is 1. The van der Waals surface area contributed by atoms with E-state index >= 15 is 0 Å². The summed E-state index contributed by atoms with van der Waals surface area (Å²) in [6.07, 6.45) is 2.24. The molecule has 0 radical (unpaired) electrons. The minimum Gasteiger partial charge on any atom is -0.490 e. The number of nitrogens with one attached hydrogen (secondary N) is 1. The van der Waals surface area contributed by atoms with Crippen LogP contribution in [-0.4, -0.2) is 18.7 Å². The third-order valence-electron chi connectivity index (χ3n) is 3.76. The molecule has 2 rings (SSSR count). The van der Waals surface area contributed by atoms with Crippen molar-refractivity contribution < 1.29 is 4.74 Å². The van der Waals surface area contributed by atoms with Crippen molar-refractivity contribution in [1.29, 1.82) is 5.26 Å². The summed E-state index contributed by atoms with van der Waals surface area (Å²) in [5, 5.41) is 12.9. The maximum Gasteiger partial charge on any atom is 0.143 e. The maximum atomic E-state index is 9.53. The van der Waals surface area contributed by atoms with Crippen molar-refractivity contribution in [2.45, 2.75) is 39.2 Å². The molecule has 0 heterocycles. The number of aryl methyl sites for hydroxylation is 2. The summed E-state index contributed by atoms with van der Waals surface area (Å²) >= 11 is 0. The Bertz CT molecular complexity index is 488. The quantitative estimate of drug-likeness (QED) is 0.853. The van der Waals surface area contributed by atoms with E-state index in [0.29, 0.717) is 12.5 Å². The van der Waals surface area contributed by atoms with E-state index in [2.05, 4.69) is 30.4 Å². The normalized spacial score (nSPS) is 17.6. The third-order valence-corrected chi connectivity index (χ3v) is 3.76. The summed E-state index contributed by atoms with van der Waals surface area (Å²) in [7, 11) is 0. The lowest BCUT2D eigenvalue weighted by atomic mass is 9.96. The molecule has 1 aliphatic carbocycles. The van der Waals surface area contributed by atoms with E-state index in [1.54, 1.807) is 0 Å². The molecule has 1 unspecified atom stereocenters. The van der Waals surface area contributed by atoms with Gasteiger partial charge in [0.15, 0.2) is 0 Å². The molecule has 0 spiro atoms. The fourth-order valence-corrected chi connectivity index (χ4v) is 2.42. The molecule has 0 saturated heterocycles. The molecule has 0 aromatic heterocycles. The van der Waals surface area contributed by atoms with E-state index in [-0.39, 0.29) is 0 Å². The summed E-state index contributed by atoms with van der Waals surface area (Å²) < 4.78 is 5.94. The average Bonchev–Trinajstić information content (AvgIpc) is 3.23. The standard InChI is InChI=1S/C16H22N2O/c1-4-18-16(10-17,14-7-8-14)11-19-15-9-12(2)5-6-13(15)3/h5-6,9,14,18H,4,7-8,11H2,1-3H3. The molecular weight excluding hydrogens is 236 g/mol. The van der Waals surface area contributed by atoms with Crippen molar-refractivity contribution in [3.8, 4) is 11.8 Å². The van der Waals surface area contributed by atoms with Gasteiger partial charge in [-0.25, -0.2) is 0 Å². The third kappa shape index (κ3) is 3.08. The van der Waals surface area contributed by atoms with Gasteiger partial charge in [0.1, 0.15) is 17.9 Å². The zero-order valence-electron chi connectivity index (χ0n) is 12.0. The number of nitrogens with zero attached hydrogens (tertiary/aromatic N) is 1. The molecule has 1 atom stereocenters. The second-order valence-electron chi connectivity index (χ2n) is 5.45. The molecule has 3 heteroatoms. The average molecular weight is 258 g/mol. The SMILES string of the molecule is CCNC(C#N)(COc1cc(C)ccc1C)C1CC1. The Balaban J connectivity index is 2.10. The molecule has 1 aromatic rings. The van der Waals surface area contributed by atoms with Gasteiger partial charge < -0.3 is 4.74 Å². The fraction of sp³-hybridized carbons (Fsp3) is 0.562. The van der Waals surface area contributed by atoms with Crippen LogP contribution in [0.1, 0.15) is 30.9 Å². The molecule has 1 aromatic carbocycles. The van der Waals surface area contributed by atoms with Crippen molar-refractivity contribution in [2.24, 2.45) is 5.92 Å². The van der Waals surface area contributed by atoms with Crippen LogP contribution >= 0.6 is 0 Å². The Morgan fingerprint density at radius 3 is 2.74 bits per heavy atom. The second kappa shape index (κ2) is 5.63. The predicted octanol–water partition coefficient (Wildman–Crippen LogP) is 2.96. The van der Waals surface area contributed by atoms with Crippen LogP contribution < -0.4 is 10.1 Å². The van der Waals surface area contributed by atoms with Crippen molar-refractivity contribution in [1.82, 2.24) is 5.32 Å². The van der Waals surface area contributed by atoms with E-state index in [1.807, 2.05) is 19.9 Å². The lowest BCUT2D eigenvalue weighted by Crippen LogP contribution is -2.50. The summed E-state index contributed by atoms with van der Waals surface area (Å²) in [5.41, 5.74) is 1.77. The van der Waals surface area contributed by atoms with E-state index < -0.39 is 5.54 Å². The Labute approximate surface area is 115 Å². The van der Waals surface area contributed by atoms with E-state index in [1.165, 1.54) is 5.56 Å². The van der Waals surface area contributed by atoms with Crippen LogP contribution in [0.5, 0.6) is 5.75 Å². The van der Waals surface area contributed by atoms with Crippen LogP contribution in [0.2, 0.25) is 0 Å². The minimum absolute atomic E-state index is 0.423. The monoisotopic (exact) mass is 258 g/mol. The molecule has 19 heavy (non-hydrogen) atoms. The van der Waals surface area contributed by atoms with Crippen molar-refractivity contribution in [2.75, 3.05) is 13.2 Å². The molecule has 1 fully saturated rings. The Morgan fingerprint density at radius 2 is 2.16 bits per heavy atom. The molecule has 1 N–H and O–H groups in total. The van der Waals surface area contributed by atoms with Crippen molar-refractivity contribution in [3.63, 3.8) is 0 Å². The van der Waals surface area contributed by atoms with Crippen molar-refractivity contribution >= 4 is 0 Å². The van der Waals surface area contributed by atoms with Gasteiger partial charge in [0.05, 0.1) is 6.07 Å². The first-order valence-corrected chi connectivity index (χ1v) is 6.97. The Kier molecular flexibility index (Phi) is 4.11. The summed E-state index contributed by atoms with van der Waals surface area (Å²) in [5.74, 6) is 1.32. The van der Waals surface area contributed by atoms with Crippen molar-refractivity contribution in [3.05, 3.63) is 29.3 Å². The zero-order valence-corrected chi connectivity index (χ0v) is 12.0. The summed E-state index contributed by atoms with van der Waals surface area (Å²) in [4.78, 5) is 0. The van der Waals surface area contributed by atoms with Gasteiger partial charge in [-0.15, -0.1) is 0 Å². The van der Waals surface area contributed by atoms with E-state index in [0.717, 1.165) is 30.7 Å². The van der Waals surface area contributed by atoms with Gasteiger partial charge in [0.25, 0.3) is 0 Å². The maximum absolute atomic E-state index is 9.53. The fourth-order valence-electron chi connectivity index (χ4n) is 2.42. The topological polar surface area (TPSA) is 45.0 Å². The van der Waals surface area contributed by atoms with Crippen LogP contribution in [0.15, 0.2) is 18.2 Å². The van der Waals surface area contributed by atoms with E-state index in [9.17, 15) is 5.26 Å². The Hall–Kier alpha value is -1.53. The predicted molar refractivity (Wildman–Crippen MR) is 76.2 cm³/mol. The largest absolute Gasteiger partial charge is 0.490 e. The molecule has 1 aliphatic rings. The minimum atomic E-state index is -0.523. The number of hydrogen-bond acceptors (Lipinski definition) is 3. The van der Waals surface area contributed by atoms with Gasteiger partial charge in [-0.2, -0.15) is 5.26 Å². The van der Waals surface area contributed by atoms with Gasteiger partial charge in [-0.05, 0) is 56.3 Å². The molecule has 102 valence electrons. The van der Waals surface area contributed by atoms with Crippen LogP contribution in [0, 0.1) is 31.1 Å².